The molecule has 0 unspecified atom stereocenters. The van der Waals surface area contributed by atoms with Crippen LogP contribution in [-0.4, -0.2) is 14.7 Å². The van der Waals surface area contributed by atoms with Gasteiger partial charge in [0, 0.05) is 0 Å². The van der Waals surface area contributed by atoms with Gasteiger partial charge in [0.1, 0.15) is 0 Å². The van der Waals surface area contributed by atoms with Crippen LogP contribution in [0.3, 0.4) is 0 Å². The van der Waals surface area contributed by atoms with E-state index in [-0.39, 0.29) is 0 Å². The van der Waals surface area contributed by atoms with Crippen LogP contribution >= 0.6 is 0 Å². The van der Waals surface area contributed by atoms with Gasteiger partial charge >= 0.3 is 94.0 Å². The second kappa shape index (κ2) is 5.59. The summed E-state index contributed by atoms with van der Waals surface area (Å²) in [6.45, 7) is 0. The molecule has 0 radical (unpaired) electrons. The molecular formula is C13H25As. The van der Waals surface area contributed by atoms with Gasteiger partial charge in [0.25, 0.3) is 0 Å². The van der Waals surface area contributed by atoms with Gasteiger partial charge in [0.15, 0.2) is 0 Å². The number of hydrogen-bond donors (Lipinski definition) is 0. The quantitative estimate of drug-likeness (QED) is 0.624. The van der Waals surface area contributed by atoms with Crippen molar-refractivity contribution >= 4 is 14.7 Å². The van der Waals surface area contributed by atoms with E-state index in [1.165, 1.54) is 22.3 Å². The summed E-state index contributed by atoms with van der Waals surface area (Å²) >= 11 is -0.435. The van der Waals surface area contributed by atoms with Gasteiger partial charge in [0.2, 0.25) is 0 Å². The number of hydrogen-bond acceptors (Lipinski definition) is 0. The van der Waals surface area contributed by atoms with E-state index in [0.29, 0.717) is 0 Å². The molecule has 2 aliphatic rings. The Bertz CT molecular complexity index is 137. The summed E-state index contributed by atoms with van der Waals surface area (Å²) in [6.07, 6.45) is 15.7. The molecule has 0 heterocycles. The van der Waals surface area contributed by atoms with Crippen molar-refractivity contribution in [3.63, 3.8) is 0 Å². The molecule has 0 aromatic rings. The standard InChI is InChI=1S/C13H25As/c1-14(12-8-4-2-5-9-12)13-10-6-3-7-11-13/h12-13H,2-11H2,1H3. The van der Waals surface area contributed by atoms with E-state index >= 15 is 0 Å². The first-order valence-corrected chi connectivity index (χ1v) is 10.6. The Morgan fingerprint density at radius 1 is 0.643 bits per heavy atom. The Morgan fingerprint density at radius 3 is 1.36 bits per heavy atom. The van der Waals surface area contributed by atoms with Crippen LogP contribution in [0.5, 0.6) is 0 Å². The van der Waals surface area contributed by atoms with Crippen LogP contribution in [0.15, 0.2) is 0 Å². The normalized spacial score (nSPS) is 27.0. The summed E-state index contributed by atoms with van der Waals surface area (Å²) in [5.74, 6) is 0. The van der Waals surface area contributed by atoms with Crippen LogP contribution in [0.1, 0.15) is 64.2 Å². The predicted molar refractivity (Wildman–Crippen MR) is 65.3 cm³/mol. The first-order valence-electron chi connectivity index (χ1n) is 6.60. The number of rotatable bonds is 2. The van der Waals surface area contributed by atoms with Crippen molar-refractivity contribution in [2.45, 2.75) is 79.3 Å². The van der Waals surface area contributed by atoms with Crippen molar-refractivity contribution in [3.8, 4) is 0 Å². The van der Waals surface area contributed by atoms with E-state index < -0.39 is 14.7 Å². The van der Waals surface area contributed by atoms with E-state index in [0.717, 1.165) is 0 Å². The van der Waals surface area contributed by atoms with Crippen molar-refractivity contribution in [1.82, 2.24) is 0 Å². The van der Waals surface area contributed by atoms with Gasteiger partial charge < -0.3 is 0 Å². The summed E-state index contributed by atoms with van der Waals surface area (Å²) in [4.78, 5) is 0. The molecular weight excluding hydrogens is 231 g/mol. The fourth-order valence-electron chi connectivity index (χ4n) is 3.27. The minimum atomic E-state index is -0.435. The summed E-state index contributed by atoms with van der Waals surface area (Å²) in [5.41, 5.74) is 2.69. The van der Waals surface area contributed by atoms with Crippen molar-refractivity contribution in [1.29, 1.82) is 0 Å². The third-order valence-corrected chi connectivity index (χ3v) is 11.3. The van der Waals surface area contributed by atoms with Crippen LogP contribution < -0.4 is 0 Å². The van der Waals surface area contributed by atoms with E-state index in [4.69, 9.17) is 0 Å². The minimum absolute atomic E-state index is 0.435. The second-order valence-electron chi connectivity index (χ2n) is 5.25. The maximum absolute atomic E-state index is 2.69. The third-order valence-electron chi connectivity index (χ3n) is 4.30. The molecule has 1 heteroatoms. The molecule has 0 aromatic carbocycles. The molecule has 0 spiro atoms. The monoisotopic (exact) mass is 256 g/mol. The Balaban J connectivity index is 1.82. The van der Waals surface area contributed by atoms with Crippen LogP contribution in [0.2, 0.25) is 15.1 Å². The maximum atomic E-state index is 2.69. The van der Waals surface area contributed by atoms with Gasteiger partial charge in [-0.05, 0) is 0 Å². The van der Waals surface area contributed by atoms with E-state index in [2.05, 4.69) is 5.71 Å². The van der Waals surface area contributed by atoms with Gasteiger partial charge in [-0.15, -0.1) is 0 Å². The van der Waals surface area contributed by atoms with Crippen molar-refractivity contribution in [3.05, 3.63) is 0 Å². The molecule has 14 heavy (non-hydrogen) atoms. The Hall–Kier alpha value is 0.558. The summed E-state index contributed by atoms with van der Waals surface area (Å²) in [7, 11) is 0. The van der Waals surface area contributed by atoms with Gasteiger partial charge in [-0.1, -0.05) is 0 Å². The molecule has 0 aliphatic heterocycles. The SMILES string of the molecule is C[As](C1CCCCC1)C1CCCCC1. The molecule has 2 rings (SSSR count). The molecule has 2 aliphatic carbocycles. The average molecular weight is 256 g/mol. The zero-order valence-corrected chi connectivity index (χ0v) is 11.5. The fraction of sp³-hybridized carbons (Fsp3) is 1.00. The Kier molecular flexibility index (Phi) is 4.41. The zero-order valence-electron chi connectivity index (χ0n) is 9.67. The molecule has 0 atom stereocenters. The van der Waals surface area contributed by atoms with Crippen LogP contribution in [-0.2, 0) is 0 Å². The molecule has 2 fully saturated rings. The molecule has 0 bridgehead atoms. The van der Waals surface area contributed by atoms with E-state index in [1.54, 1.807) is 51.4 Å². The molecule has 0 nitrogen and oxygen atoms in total. The summed E-state index contributed by atoms with van der Waals surface area (Å²) in [5, 5.41) is 0. The predicted octanol–water partition coefficient (Wildman–Crippen LogP) is 4.78. The summed E-state index contributed by atoms with van der Waals surface area (Å²) in [6, 6.07) is 0. The zero-order chi connectivity index (χ0) is 9.80. The van der Waals surface area contributed by atoms with Gasteiger partial charge in [-0.25, -0.2) is 0 Å². The molecule has 2 saturated carbocycles. The van der Waals surface area contributed by atoms with Crippen molar-refractivity contribution < 1.29 is 0 Å². The molecule has 82 valence electrons. The molecule has 0 N–H and O–H groups in total. The first-order chi connectivity index (χ1) is 6.88. The van der Waals surface area contributed by atoms with Gasteiger partial charge in [0.05, 0.1) is 0 Å². The van der Waals surface area contributed by atoms with Crippen LogP contribution in [0.4, 0.5) is 0 Å². The van der Waals surface area contributed by atoms with Crippen molar-refractivity contribution in [2.75, 3.05) is 0 Å². The first kappa shape index (κ1) is 11.1. The molecule has 0 aromatic heterocycles. The fourth-order valence-corrected chi connectivity index (χ4v) is 9.48. The van der Waals surface area contributed by atoms with Gasteiger partial charge in [-0.3, -0.25) is 0 Å². The summed E-state index contributed by atoms with van der Waals surface area (Å²) < 4.78 is 2.47. The van der Waals surface area contributed by atoms with E-state index in [9.17, 15) is 0 Å². The molecule has 0 amide bonds. The Labute approximate surface area is 94.1 Å². The average Bonchev–Trinajstić information content (AvgIpc) is 2.30. The van der Waals surface area contributed by atoms with E-state index in [1.807, 2.05) is 0 Å². The van der Waals surface area contributed by atoms with Gasteiger partial charge in [-0.2, -0.15) is 0 Å². The van der Waals surface area contributed by atoms with Crippen LogP contribution in [0, 0.1) is 0 Å². The van der Waals surface area contributed by atoms with Crippen LogP contribution in [0.25, 0.3) is 0 Å². The van der Waals surface area contributed by atoms with Crippen molar-refractivity contribution in [2.24, 2.45) is 0 Å². The topological polar surface area (TPSA) is 0 Å². The second-order valence-corrected chi connectivity index (χ2v) is 11.1. The Morgan fingerprint density at radius 2 is 1.00 bits per heavy atom. The molecule has 0 saturated heterocycles. The third kappa shape index (κ3) is 2.78.